The average Bonchev–Trinajstić information content (AvgIpc) is 2.57. The number of carbonyl (C=O) groups excluding carboxylic acids is 1. The van der Waals surface area contributed by atoms with Gasteiger partial charge in [0.15, 0.2) is 0 Å². The number of amides is 2. The Balaban J connectivity index is 1.56. The van der Waals surface area contributed by atoms with Gasteiger partial charge in [0.25, 0.3) is 0 Å². The third-order valence-electron chi connectivity index (χ3n) is 3.58. The van der Waals surface area contributed by atoms with Crippen molar-refractivity contribution in [3.63, 3.8) is 0 Å². The van der Waals surface area contributed by atoms with Crippen molar-refractivity contribution in [1.82, 2.24) is 14.9 Å². The summed E-state index contributed by atoms with van der Waals surface area (Å²) in [5.74, 6) is 0.667. The first-order chi connectivity index (χ1) is 11.1. The van der Waals surface area contributed by atoms with E-state index in [2.05, 4.69) is 15.3 Å². The monoisotopic (exact) mass is 317 g/mol. The molecule has 0 aliphatic carbocycles. The summed E-state index contributed by atoms with van der Waals surface area (Å²) in [5, 5.41) is 11.8. The fourth-order valence-electron chi connectivity index (χ4n) is 2.35. The molecule has 0 saturated carbocycles. The third-order valence-corrected chi connectivity index (χ3v) is 3.58. The Morgan fingerprint density at radius 3 is 2.61 bits per heavy atom. The maximum atomic E-state index is 13.2. The quantitative estimate of drug-likeness (QED) is 0.880. The fraction of sp³-hybridized carbons (Fsp3) is 0.267. The first-order valence-corrected chi connectivity index (χ1v) is 7.19. The second-order valence-corrected chi connectivity index (χ2v) is 5.14. The lowest BCUT2D eigenvalue weighted by molar-refractivity contribution is 0.208. The summed E-state index contributed by atoms with van der Waals surface area (Å²) in [5.41, 5.74) is 0. The number of pyridine rings is 2. The van der Waals surface area contributed by atoms with Crippen LogP contribution in [-0.4, -0.2) is 52.2 Å². The van der Waals surface area contributed by atoms with Crippen molar-refractivity contribution in [2.45, 2.75) is 0 Å². The van der Waals surface area contributed by atoms with E-state index in [-0.39, 0.29) is 17.6 Å². The van der Waals surface area contributed by atoms with Crippen molar-refractivity contribution in [3.8, 4) is 5.75 Å². The molecule has 0 atom stereocenters. The van der Waals surface area contributed by atoms with Crippen LogP contribution in [-0.2, 0) is 0 Å². The van der Waals surface area contributed by atoms with Gasteiger partial charge in [-0.25, -0.2) is 19.2 Å². The molecule has 0 unspecified atom stereocenters. The number of urea groups is 1. The molecule has 1 saturated heterocycles. The molecular weight excluding hydrogens is 301 g/mol. The molecule has 0 aromatic carbocycles. The average molecular weight is 317 g/mol. The number of nitrogens with one attached hydrogen (secondary N) is 1. The second kappa shape index (κ2) is 6.47. The summed E-state index contributed by atoms with van der Waals surface area (Å²) in [4.78, 5) is 23.8. The molecule has 23 heavy (non-hydrogen) atoms. The number of piperazine rings is 1. The number of aromatic hydroxyl groups is 1. The summed E-state index contributed by atoms with van der Waals surface area (Å²) < 4.78 is 13.2. The normalized spacial score (nSPS) is 14.7. The van der Waals surface area contributed by atoms with Gasteiger partial charge >= 0.3 is 6.03 Å². The number of halogens is 1. The van der Waals surface area contributed by atoms with E-state index in [1.807, 2.05) is 4.90 Å². The fourth-order valence-corrected chi connectivity index (χ4v) is 2.35. The highest BCUT2D eigenvalue weighted by Crippen LogP contribution is 2.15. The van der Waals surface area contributed by atoms with E-state index >= 15 is 0 Å². The van der Waals surface area contributed by atoms with Crippen LogP contribution in [0.1, 0.15) is 0 Å². The number of rotatable bonds is 2. The lowest BCUT2D eigenvalue weighted by Gasteiger charge is -2.35. The minimum atomic E-state index is -0.325. The maximum absolute atomic E-state index is 13.2. The molecule has 120 valence electrons. The maximum Gasteiger partial charge on any atom is 0.323 e. The molecule has 2 aromatic rings. The number of carbonyl (C=O) groups is 1. The van der Waals surface area contributed by atoms with E-state index in [9.17, 15) is 14.3 Å². The van der Waals surface area contributed by atoms with Crippen LogP contribution in [0, 0.1) is 5.82 Å². The Morgan fingerprint density at radius 2 is 1.96 bits per heavy atom. The summed E-state index contributed by atoms with van der Waals surface area (Å²) in [7, 11) is 0. The van der Waals surface area contributed by atoms with E-state index in [4.69, 9.17) is 0 Å². The van der Waals surface area contributed by atoms with Crippen molar-refractivity contribution in [1.29, 1.82) is 0 Å². The van der Waals surface area contributed by atoms with Gasteiger partial charge in [0.05, 0.1) is 6.20 Å². The SMILES string of the molecule is O=C(Nc1ccc(O)cn1)N1CCN(c2cc(F)ccn2)CC1. The van der Waals surface area contributed by atoms with E-state index in [0.29, 0.717) is 37.8 Å². The highest BCUT2D eigenvalue weighted by Gasteiger charge is 2.22. The molecule has 0 spiro atoms. The molecule has 3 rings (SSSR count). The van der Waals surface area contributed by atoms with Crippen LogP contribution in [0.15, 0.2) is 36.7 Å². The Labute approximate surface area is 132 Å². The van der Waals surface area contributed by atoms with Crippen molar-refractivity contribution in [2.75, 3.05) is 36.4 Å². The Morgan fingerprint density at radius 1 is 1.17 bits per heavy atom. The number of nitrogens with zero attached hydrogens (tertiary/aromatic N) is 4. The lowest BCUT2D eigenvalue weighted by atomic mass is 10.3. The number of hydrogen-bond donors (Lipinski definition) is 2. The highest BCUT2D eigenvalue weighted by atomic mass is 19.1. The number of hydrogen-bond acceptors (Lipinski definition) is 5. The molecular formula is C15H16FN5O2. The minimum absolute atomic E-state index is 0.0409. The van der Waals surface area contributed by atoms with Gasteiger partial charge in [-0.3, -0.25) is 5.32 Å². The Hall–Kier alpha value is -2.90. The van der Waals surface area contributed by atoms with Crippen molar-refractivity contribution < 1.29 is 14.3 Å². The molecule has 1 aliphatic heterocycles. The summed E-state index contributed by atoms with van der Waals surface area (Å²) in [6, 6.07) is 5.42. The zero-order valence-electron chi connectivity index (χ0n) is 12.3. The molecule has 8 heteroatoms. The summed E-state index contributed by atoms with van der Waals surface area (Å²) in [6.07, 6.45) is 2.70. The van der Waals surface area contributed by atoms with Crippen LogP contribution in [0.2, 0.25) is 0 Å². The van der Waals surface area contributed by atoms with Gasteiger partial charge in [-0.1, -0.05) is 0 Å². The first-order valence-electron chi connectivity index (χ1n) is 7.19. The molecule has 7 nitrogen and oxygen atoms in total. The smallest absolute Gasteiger partial charge is 0.323 e. The summed E-state index contributed by atoms with van der Waals surface area (Å²) in [6.45, 7) is 2.16. The van der Waals surface area contributed by atoms with Gasteiger partial charge in [0, 0.05) is 38.4 Å². The Kier molecular flexibility index (Phi) is 4.22. The molecule has 2 N–H and O–H groups in total. The predicted octanol–water partition coefficient (Wildman–Crippen LogP) is 1.68. The van der Waals surface area contributed by atoms with E-state index in [1.165, 1.54) is 36.7 Å². The van der Waals surface area contributed by atoms with Crippen LogP contribution in [0.25, 0.3) is 0 Å². The molecule has 2 aromatic heterocycles. The third kappa shape index (κ3) is 3.65. The summed E-state index contributed by atoms with van der Waals surface area (Å²) >= 11 is 0. The number of anilines is 2. The Bertz CT molecular complexity index is 687. The minimum Gasteiger partial charge on any atom is -0.506 e. The van der Waals surface area contributed by atoms with Crippen LogP contribution in [0.5, 0.6) is 5.75 Å². The standard InChI is InChI=1S/C15H16FN5O2/c16-11-3-4-17-14(9-11)20-5-7-21(8-6-20)15(23)19-13-2-1-12(22)10-18-13/h1-4,9-10,22H,5-8H2,(H,18,19,23). The van der Waals surface area contributed by atoms with Crippen molar-refractivity contribution in [2.24, 2.45) is 0 Å². The molecule has 0 bridgehead atoms. The molecule has 0 radical (unpaired) electrons. The lowest BCUT2D eigenvalue weighted by Crippen LogP contribution is -2.50. The first kappa shape index (κ1) is 15.0. The zero-order valence-corrected chi connectivity index (χ0v) is 12.3. The van der Waals surface area contributed by atoms with Gasteiger partial charge in [0.1, 0.15) is 23.2 Å². The van der Waals surface area contributed by atoms with Crippen LogP contribution < -0.4 is 10.2 Å². The van der Waals surface area contributed by atoms with Gasteiger partial charge in [-0.15, -0.1) is 0 Å². The van der Waals surface area contributed by atoms with Gasteiger partial charge in [-0.2, -0.15) is 0 Å². The van der Waals surface area contributed by atoms with Crippen molar-refractivity contribution in [3.05, 3.63) is 42.5 Å². The molecule has 2 amide bonds. The predicted molar refractivity (Wildman–Crippen MR) is 82.9 cm³/mol. The van der Waals surface area contributed by atoms with Crippen LogP contribution in [0.4, 0.5) is 20.8 Å². The van der Waals surface area contributed by atoms with Gasteiger partial charge < -0.3 is 14.9 Å². The molecule has 1 aliphatic rings. The van der Waals surface area contributed by atoms with Gasteiger partial charge in [0.2, 0.25) is 0 Å². The molecule has 1 fully saturated rings. The van der Waals surface area contributed by atoms with Crippen molar-refractivity contribution >= 4 is 17.7 Å². The van der Waals surface area contributed by atoms with Gasteiger partial charge in [-0.05, 0) is 18.2 Å². The molecule has 3 heterocycles. The highest BCUT2D eigenvalue weighted by molar-refractivity contribution is 5.88. The van der Waals surface area contributed by atoms with E-state index in [1.54, 1.807) is 4.90 Å². The zero-order chi connectivity index (χ0) is 16.2. The topological polar surface area (TPSA) is 81.6 Å². The second-order valence-electron chi connectivity index (χ2n) is 5.14. The van der Waals surface area contributed by atoms with Crippen LogP contribution in [0.3, 0.4) is 0 Å². The number of aromatic nitrogens is 2. The van der Waals surface area contributed by atoms with E-state index < -0.39 is 0 Å². The van der Waals surface area contributed by atoms with Crippen LogP contribution >= 0.6 is 0 Å². The van der Waals surface area contributed by atoms with E-state index in [0.717, 1.165) is 0 Å². The largest absolute Gasteiger partial charge is 0.506 e.